The van der Waals surface area contributed by atoms with Crippen LogP contribution < -0.4 is 0 Å². The Morgan fingerprint density at radius 1 is 0.826 bits per heavy atom. The first-order chi connectivity index (χ1) is 11.3. The van der Waals surface area contributed by atoms with Gasteiger partial charge < -0.3 is 0 Å². The monoisotopic (exact) mass is 305 g/mol. The van der Waals surface area contributed by atoms with E-state index in [4.69, 9.17) is 4.99 Å². The van der Waals surface area contributed by atoms with Crippen molar-refractivity contribution in [2.45, 2.75) is 39.0 Å². The average Bonchev–Trinajstić information content (AvgIpc) is 2.61. The molecule has 0 bridgehead atoms. The minimum absolute atomic E-state index is 0.714. The van der Waals surface area contributed by atoms with Crippen LogP contribution in [-0.2, 0) is 0 Å². The molecule has 0 unspecified atom stereocenters. The second-order valence-electron chi connectivity index (χ2n) is 5.96. The molecule has 0 aromatic heterocycles. The van der Waals surface area contributed by atoms with Gasteiger partial charge in [0.05, 0.1) is 12.3 Å². The maximum Gasteiger partial charge on any atom is 0.0722 e. The van der Waals surface area contributed by atoms with Crippen LogP contribution in [0.2, 0.25) is 0 Å². The zero-order valence-corrected chi connectivity index (χ0v) is 14.2. The second-order valence-corrected chi connectivity index (χ2v) is 5.96. The maximum atomic E-state index is 4.88. The molecule has 0 saturated carbocycles. The minimum Gasteiger partial charge on any atom is -0.280 e. The van der Waals surface area contributed by atoms with Crippen molar-refractivity contribution in [1.82, 2.24) is 0 Å². The third-order valence-electron chi connectivity index (χ3n) is 3.94. The largest absolute Gasteiger partial charge is 0.280 e. The molecule has 2 aromatic rings. The zero-order chi connectivity index (χ0) is 16.3. The van der Waals surface area contributed by atoms with Gasteiger partial charge in [0.15, 0.2) is 0 Å². The molecule has 0 spiro atoms. The molecule has 0 atom stereocenters. The molecule has 120 valence electrons. The maximum absolute atomic E-state index is 4.88. The smallest absolute Gasteiger partial charge is 0.0722 e. The Morgan fingerprint density at radius 3 is 1.91 bits per heavy atom. The minimum atomic E-state index is 0.714. The van der Waals surface area contributed by atoms with Gasteiger partial charge in [-0.3, -0.25) is 4.99 Å². The van der Waals surface area contributed by atoms with Crippen molar-refractivity contribution in [2.24, 2.45) is 4.99 Å². The van der Waals surface area contributed by atoms with Crippen LogP contribution in [0, 0.1) is 0 Å². The molecule has 0 saturated heterocycles. The Balaban J connectivity index is 2.07. The van der Waals surface area contributed by atoms with E-state index in [1.54, 1.807) is 0 Å². The molecule has 1 nitrogen and oxygen atoms in total. The highest BCUT2D eigenvalue weighted by Gasteiger charge is 2.06. The number of rotatable bonds is 9. The van der Waals surface area contributed by atoms with Crippen molar-refractivity contribution >= 4 is 5.71 Å². The van der Waals surface area contributed by atoms with E-state index >= 15 is 0 Å². The van der Waals surface area contributed by atoms with Crippen LogP contribution in [0.4, 0.5) is 0 Å². The van der Waals surface area contributed by atoms with E-state index < -0.39 is 0 Å². The Bertz CT molecular complexity index is 569. The first-order valence-corrected chi connectivity index (χ1v) is 8.63. The normalized spacial score (nSPS) is 10.3. The fraction of sp³-hybridized carbons (Fsp3) is 0.318. The van der Waals surface area contributed by atoms with Crippen molar-refractivity contribution in [3.8, 4) is 0 Å². The van der Waals surface area contributed by atoms with E-state index in [-0.39, 0.29) is 0 Å². The Labute approximate surface area is 140 Å². The molecule has 0 N–H and O–H groups in total. The Kier molecular flexibility index (Phi) is 7.32. The molecule has 2 rings (SSSR count). The lowest BCUT2D eigenvalue weighted by atomic mass is 10.0. The lowest BCUT2D eigenvalue weighted by Crippen LogP contribution is -2.05. The molecule has 1 heteroatoms. The summed E-state index contributed by atoms with van der Waals surface area (Å²) in [6.45, 7) is 7.16. The molecular weight excluding hydrogens is 278 g/mol. The zero-order valence-electron chi connectivity index (χ0n) is 14.2. The van der Waals surface area contributed by atoms with Crippen LogP contribution in [0.5, 0.6) is 0 Å². The molecule has 0 radical (unpaired) electrons. The molecule has 0 amide bonds. The average molecular weight is 305 g/mol. The van der Waals surface area contributed by atoms with Gasteiger partial charge in [-0.25, -0.2) is 0 Å². The summed E-state index contributed by atoms with van der Waals surface area (Å²) >= 11 is 0. The quantitative estimate of drug-likeness (QED) is 0.304. The molecule has 0 heterocycles. The van der Waals surface area contributed by atoms with Gasteiger partial charge in [0.1, 0.15) is 0 Å². The predicted octanol–water partition coefficient (Wildman–Crippen LogP) is 6.05. The summed E-state index contributed by atoms with van der Waals surface area (Å²) in [5.74, 6) is 0. The fourth-order valence-electron chi connectivity index (χ4n) is 2.61. The number of hydrogen-bond acceptors (Lipinski definition) is 1. The van der Waals surface area contributed by atoms with Gasteiger partial charge in [-0.1, -0.05) is 99.0 Å². The predicted molar refractivity (Wildman–Crippen MR) is 101 cm³/mol. The van der Waals surface area contributed by atoms with E-state index in [2.05, 4.69) is 62.0 Å². The molecular formula is C22H27N. The third kappa shape index (κ3) is 5.86. The van der Waals surface area contributed by atoms with Crippen LogP contribution in [0.25, 0.3) is 0 Å². The van der Waals surface area contributed by atoms with Gasteiger partial charge in [0, 0.05) is 11.1 Å². The standard InChI is InChI=1S/C22H27N/c1-3-4-5-8-13-19(2)18-23-22(20-14-9-6-10-15-20)21-16-11-7-12-17-21/h6-7,9-12,14-17H,2-5,8,13,18H2,1H3. The molecule has 0 aliphatic rings. The lowest BCUT2D eigenvalue weighted by molar-refractivity contribution is 0.661. The Hall–Kier alpha value is -2.15. The molecule has 2 aromatic carbocycles. The van der Waals surface area contributed by atoms with Crippen molar-refractivity contribution in [1.29, 1.82) is 0 Å². The topological polar surface area (TPSA) is 12.4 Å². The van der Waals surface area contributed by atoms with Crippen molar-refractivity contribution in [3.63, 3.8) is 0 Å². The summed E-state index contributed by atoms with van der Waals surface area (Å²) < 4.78 is 0. The van der Waals surface area contributed by atoms with Gasteiger partial charge in [0.2, 0.25) is 0 Å². The first kappa shape index (κ1) is 17.2. The number of benzene rings is 2. The lowest BCUT2D eigenvalue weighted by Gasteiger charge is -2.09. The van der Waals surface area contributed by atoms with E-state index in [0.29, 0.717) is 6.54 Å². The van der Waals surface area contributed by atoms with Crippen LogP contribution in [0.3, 0.4) is 0 Å². The van der Waals surface area contributed by atoms with Crippen LogP contribution >= 0.6 is 0 Å². The van der Waals surface area contributed by atoms with Gasteiger partial charge in [-0.05, 0) is 12.8 Å². The second kappa shape index (κ2) is 9.78. The number of aliphatic imine (C=N–C) groups is 1. The van der Waals surface area contributed by atoms with Crippen molar-refractivity contribution in [3.05, 3.63) is 83.9 Å². The summed E-state index contributed by atoms with van der Waals surface area (Å²) in [5.41, 5.74) is 4.61. The third-order valence-corrected chi connectivity index (χ3v) is 3.94. The van der Waals surface area contributed by atoms with E-state index in [1.807, 2.05) is 12.1 Å². The fourth-order valence-corrected chi connectivity index (χ4v) is 2.61. The number of hydrogen-bond donors (Lipinski definition) is 0. The van der Waals surface area contributed by atoms with Crippen LogP contribution in [0.15, 0.2) is 77.8 Å². The summed E-state index contributed by atoms with van der Waals surface area (Å²) in [4.78, 5) is 4.88. The summed E-state index contributed by atoms with van der Waals surface area (Å²) in [6, 6.07) is 20.8. The number of nitrogens with zero attached hydrogens (tertiary/aromatic N) is 1. The molecule has 0 aliphatic heterocycles. The van der Waals surface area contributed by atoms with Gasteiger partial charge >= 0.3 is 0 Å². The van der Waals surface area contributed by atoms with E-state index in [9.17, 15) is 0 Å². The summed E-state index contributed by atoms with van der Waals surface area (Å²) in [7, 11) is 0. The molecule has 23 heavy (non-hydrogen) atoms. The Morgan fingerprint density at radius 2 is 1.39 bits per heavy atom. The molecule has 0 fully saturated rings. The van der Waals surface area contributed by atoms with Crippen LogP contribution in [0.1, 0.15) is 50.2 Å². The first-order valence-electron chi connectivity index (χ1n) is 8.63. The highest BCUT2D eigenvalue weighted by molar-refractivity contribution is 6.12. The summed E-state index contributed by atoms with van der Waals surface area (Å²) in [6.07, 6.45) is 6.20. The van der Waals surface area contributed by atoms with Gasteiger partial charge in [0.25, 0.3) is 0 Å². The van der Waals surface area contributed by atoms with Gasteiger partial charge in [-0.15, -0.1) is 0 Å². The highest BCUT2D eigenvalue weighted by atomic mass is 14.7. The van der Waals surface area contributed by atoms with Gasteiger partial charge in [-0.2, -0.15) is 0 Å². The number of unbranched alkanes of at least 4 members (excludes halogenated alkanes) is 3. The van der Waals surface area contributed by atoms with Crippen molar-refractivity contribution in [2.75, 3.05) is 6.54 Å². The molecule has 0 aliphatic carbocycles. The SMILES string of the molecule is C=C(CCCCCC)CN=C(c1ccccc1)c1ccccc1. The summed E-state index contributed by atoms with van der Waals surface area (Å²) in [5, 5.41) is 0. The van der Waals surface area contributed by atoms with E-state index in [0.717, 1.165) is 23.3 Å². The van der Waals surface area contributed by atoms with Crippen molar-refractivity contribution < 1.29 is 0 Å². The van der Waals surface area contributed by atoms with Crippen LogP contribution in [-0.4, -0.2) is 12.3 Å². The highest BCUT2D eigenvalue weighted by Crippen LogP contribution is 2.13. The van der Waals surface area contributed by atoms with E-state index in [1.165, 1.54) is 31.3 Å².